The third-order valence-corrected chi connectivity index (χ3v) is 4.36. The molecule has 0 N–H and O–H groups in total. The highest BCUT2D eigenvalue weighted by molar-refractivity contribution is 7.16. The van der Waals surface area contributed by atoms with E-state index in [1.54, 1.807) is 24.0 Å². The first-order chi connectivity index (χ1) is 14.0. The van der Waals surface area contributed by atoms with E-state index >= 15 is 0 Å². The van der Waals surface area contributed by atoms with E-state index in [2.05, 4.69) is 31.9 Å². The van der Waals surface area contributed by atoms with Crippen molar-refractivity contribution in [3.63, 3.8) is 0 Å². The van der Waals surface area contributed by atoms with E-state index in [0.717, 1.165) is 15.8 Å². The first-order valence-electron chi connectivity index (χ1n) is 8.88. The molecule has 1 aromatic carbocycles. The Hall–Kier alpha value is -3.33. The zero-order chi connectivity index (χ0) is 20.6. The lowest BCUT2D eigenvalue weighted by Gasteiger charge is -2.15. The summed E-state index contributed by atoms with van der Waals surface area (Å²) in [6, 6.07) is 5.63. The van der Waals surface area contributed by atoms with Crippen LogP contribution in [0.3, 0.4) is 0 Å². The lowest BCUT2D eigenvalue weighted by molar-refractivity contribution is 0.0873. The Morgan fingerprint density at radius 2 is 2.21 bits per heavy atom. The van der Waals surface area contributed by atoms with Crippen molar-refractivity contribution in [3.8, 4) is 5.75 Å². The quantitative estimate of drug-likeness (QED) is 0.373. The molecule has 0 bridgehead atoms. The maximum atomic E-state index is 6.05. The SMILES string of the molecule is C=C(\N=C/C=C(C)/C=N/OC(C)C)C(Oc1ccc2ncsc2c1)c1nnco1. The highest BCUT2D eigenvalue weighted by Crippen LogP contribution is 2.30. The molecule has 2 heterocycles. The summed E-state index contributed by atoms with van der Waals surface area (Å²) in [4.78, 5) is 13.8. The summed E-state index contributed by atoms with van der Waals surface area (Å²) in [5.41, 5.74) is 3.99. The topological polar surface area (TPSA) is 95.0 Å². The Bertz CT molecular complexity index is 1040. The van der Waals surface area contributed by atoms with Crippen LogP contribution in [-0.4, -0.2) is 33.7 Å². The molecule has 0 aliphatic heterocycles. The van der Waals surface area contributed by atoms with Gasteiger partial charge in [0.25, 0.3) is 5.89 Å². The fraction of sp³-hybridized carbons (Fsp3) is 0.250. The molecule has 1 atom stereocenters. The van der Waals surface area contributed by atoms with Crippen molar-refractivity contribution >= 4 is 34.0 Å². The van der Waals surface area contributed by atoms with Gasteiger partial charge < -0.3 is 14.0 Å². The van der Waals surface area contributed by atoms with Crippen molar-refractivity contribution in [2.75, 3.05) is 0 Å². The van der Waals surface area contributed by atoms with Gasteiger partial charge in [-0.2, -0.15) is 0 Å². The number of fused-ring (bicyclic) bond motifs is 1. The van der Waals surface area contributed by atoms with Gasteiger partial charge in [0.05, 0.1) is 27.6 Å². The number of aromatic nitrogens is 3. The van der Waals surface area contributed by atoms with Crippen molar-refractivity contribution in [2.45, 2.75) is 33.0 Å². The van der Waals surface area contributed by atoms with Gasteiger partial charge in [0.15, 0.2) is 0 Å². The van der Waals surface area contributed by atoms with Crippen LogP contribution in [0, 0.1) is 0 Å². The van der Waals surface area contributed by atoms with Crippen LogP contribution in [0.25, 0.3) is 10.2 Å². The van der Waals surface area contributed by atoms with Gasteiger partial charge in [-0.1, -0.05) is 11.7 Å². The molecular formula is C20H21N5O3S. The second kappa shape index (κ2) is 9.74. The smallest absolute Gasteiger partial charge is 0.263 e. The molecule has 0 spiro atoms. The van der Waals surface area contributed by atoms with Crippen molar-refractivity contribution in [3.05, 3.63) is 59.9 Å². The number of hydrogen-bond donors (Lipinski definition) is 0. The maximum Gasteiger partial charge on any atom is 0.263 e. The average molecular weight is 411 g/mol. The van der Waals surface area contributed by atoms with Gasteiger partial charge in [0.1, 0.15) is 11.9 Å². The van der Waals surface area contributed by atoms with E-state index in [1.807, 2.05) is 39.0 Å². The van der Waals surface area contributed by atoms with E-state index in [1.165, 1.54) is 17.7 Å². The molecule has 2 aromatic heterocycles. The predicted octanol–water partition coefficient (Wildman–Crippen LogP) is 4.74. The van der Waals surface area contributed by atoms with E-state index in [4.69, 9.17) is 14.0 Å². The van der Waals surface area contributed by atoms with Gasteiger partial charge in [-0.3, -0.25) is 4.99 Å². The minimum Gasteiger partial charge on any atom is -0.474 e. The van der Waals surface area contributed by atoms with E-state index < -0.39 is 6.10 Å². The fourth-order valence-corrected chi connectivity index (χ4v) is 2.90. The zero-order valence-electron chi connectivity index (χ0n) is 16.3. The molecule has 0 aliphatic carbocycles. The van der Waals surface area contributed by atoms with Crippen molar-refractivity contribution in [1.82, 2.24) is 15.2 Å². The number of thiazole rings is 1. The molecule has 0 radical (unpaired) electrons. The summed E-state index contributed by atoms with van der Waals surface area (Å²) in [6.07, 6.45) is 5.56. The number of nitrogens with zero attached hydrogens (tertiary/aromatic N) is 5. The highest BCUT2D eigenvalue weighted by atomic mass is 32.1. The Kier molecular flexibility index (Phi) is 6.85. The van der Waals surface area contributed by atoms with Crippen LogP contribution in [0.5, 0.6) is 5.75 Å². The standard InChI is InChI=1S/C20H21N5O3S/c1-13(2)28-24-10-14(3)7-8-21-15(4)19(20-25-23-11-26-20)27-16-5-6-17-18(9-16)29-12-22-17/h5-13,19H,4H2,1-3H3/b14-7+,21-8-,24-10+. The van der Waals surface area contributed by atoms with Gasteiger partial charge in [0, 0.05) is 6.21 Å². The lowest BCUT2D eigenvalue weighted by atomic mass is 10.2. The Balaban J connectivity index is 1.73. The fourth-order valence-electron chi connectivity index (χ4n) is 2.20. The van der Waals surface area contributed by atoms with E-state index in [9.17, 15) is 0 Å². The molecule has 0 saturated heterocycles. The average Bonchev–Trinajstić information content (AvgIpc) is 3.37. The highest BCUT2D eigenvalue weighted by Gasteiger charge is 2.22. The number of oxime groups is 1. The molecule has 150 valence electrons. The summed E-state index contributed by atoms with van der Waals surface area (Å²) >= 11 is 1.53. The Morgan fingerprint density at radius 1 is 1.34 bits per heavy atom. The number of hydrogen-bond acceptors (Lipinski definition) is 9. The summed E-state index contributed by atoms with van der Waals surface area (Å²) in [6.45, 7) is 9.70. The third kappa shape index (κ3) is 5.82. The van der Waals surface area contributed by atoms with E-state index in [0.29, 0.717) is 11.4 Å². The van der Waals surface area contributed by atoms with E-state index in [-0.39, 0.29) is 12.0 Å². The number of ether oxygens (including phenoxy) is 1. The Labute approximate surface area is 172 Å². The molecule has 29 heavy (non-hydrogen) atoms. The van der Waals surface area contributed by atoms with Crippen LogP contribution in [0.15, 0.2) is 68.6 Å². The second-order valence-electron chi connectivity index (χ2n) is 6.33. The van der Waals surface area contributed by atoms with Crippen LogP contribution >= 0.6 is 11.3 Å². The second-order valence-corrected chi connectivity index (χ2v) is 7.21. The molecule has 0 aliphatic rings. The van der Waals surface area contributed by atoms with Crippen LogP contribution in [0.1, 0.15) is 32.8 Å². The molecule has 8 nitrogen and oxygen atoms in total. The molecular weight excluding hydrogens is 390 g/mol. The Morgan fingerprint density at radius 3 is 2.97 bits per heavy atom. The predicted molar refractivity (Wildman–Crippen MR) is 113 cm³/mol. The molecule has 3 aromatic rings. The van der Waals surface area contributed by atoms with Gasteiger partial charge >= 0.3 is 0 Å². The van der Waals surface area contributed by atoms with Crippen molar-refractivity contribution < 1.29 is 14.0 Å². The van der Waals surface area contributed by atoms with Crippen molar-refractivity contribution in [1.29, 1.82) is 0 Å². The van der Waals surface area contributed by atoms with Gasteiger partial charge in [-0.25, -0.2) is 4.98 Å². The lowest BCUT2D eigenvalue weighted by Crippen LogP contribution is -2.10. The minimum atomic E-state index is -0.717. The number of aliphatic imine (C=N–C) groups is 1. The molecule has 0 fully saturated rings. The summed E-state index contributed by atoms with van der Waals surface area (Å²) in [7, 11) is 0. The number of allylic oxidation sites excluding steroid dienone is 2. The first-order valence-corrected chi connectivity index (χ1v) is 9.76. The first kappa shape index (κ1) is 20.4. The maximum absolute atomic E-state index is 6.05. The van der Waals surface area contributed by atoms with Crippen LogP contribution in [-0.2, 0) is 4.84 Å². The normalized spacial score (nSPS) is 13.6. The summed E-state index contributed by atoms with van der Waals surface area (Å²) in [5.74, 6) is 0.898. The van der Waals surface area contributed by atoms with Crippen LogP contribution < -0.4 is 4.74 Å². The summed E-state index contributed by atoms with van der Waals surface area (Å²) < 4.78 is 12.4. The molecule has 3 rings (SSSR count). The largest absolute Gasteiger partial charge is 0.474 e. The molecule has 0 amide bonds. The van der Waals surface area contributed by atoms with Gasteiger partial charge in [-0.05, 0) is 50.6 Å². The van der Waals surface area contributed by atoms with Crippen LogP contribution in [0.2, 0.25) is 0 Å². The molecule has 9 heteroatoms. The monoisotopic (exact) mass is 411 g/mol. The number of benzene rings is 1. The van der Waals surface area contributed by atoms with Gasteiger partial charge in [-0.15, -0.1) is 21.5 Å². The third-order valence-electron chi connectivity index (χ3n) is 3.57. The summed E-state index contributed by atoms with van der Waals surface area (Å²) in [5, 5.41) is 11.6. The van der Waals surface area contributed by atoms with Gasteiger partial charge in [0.2, 0.25) is 12.5 Å². The zero-order valence-corrected chi connectivity index (χ0v) is 17.2. The molecule has 0 saturated carbocycles. The molecule has 1 unspecified atom stereocenters. The minimum absolute atomic E-state index is 0.0315. The number of rotatable bonds is 9. The van der Waals surface area contributed by atoms with Crippen molar-refractivity contribution in [2.24, 2.45) is 10.1 Å². The van der Waals surface area contributed by atoms with Crippen LogP contribution in [0.4, 0.5) is 0 Å².